The fraction of sp³-hybridized carbons (Fsp3) is 0.457. The zero-order valence-corrected chi connectivity index (χ0v) is 25.1. The molecule has 1 atom stereocenters. The van der Waals surface area contributed by atoms with Crippen molar-refractivity contribution in [2.75, 3.05) is 19.6 Å². The van der Waals surface area contributed by atoms with Crippen LogP contribution in [-0.4, -0.2) is 51.7 Å². The summed E-state index contributed by atoms with van der Waals surface area (Å²) in [4.78, 5) is 20.7. The lowest BCUT2D eigenvalue weighted by Gasteiger charge is -2.35. The molecule has 2 aromatic heterocycles. The Morgan fingerprint density at radius 3 is 2.48 bits per heavy atom. The normalized spacial score (nSPS) is 17.9. The van der Waals surface area contributed by atoms with E-state index in [2.05, 4.69) is 58.3 Å². The Bertz CT molecular complexity index is 1480. The first-order valence-corrected chi connectivity index (χ1v) is 15.5. The monoisotopic (exact) mass is 565 g/mol. The molecule has 2 aromatic carbocycles. The number of nitrogens with one attached hydrogen (secondary N) is 2. The van der Waals surface area contributed by atoms with E-state index >= 15 is 0 Å². The van der Waals surface area contributed by atoms with Gasteiger partial charge in [-0.05, 0) is 91.6 Å². The van der Waals surface area contributed by atoms with Crippen molar-refractivity contribution in [2.45, 2.75) is 71.4 Å². The molecule has 2 aliphatic rings. The average Bonchev–Trinajstić information content (AvgIpc) is 3.67. The molecule has 0 radical (unpaired) electrons. The van der Waals surface area contributed by atoms with Crippen molar-refractivity contribution >= 4 is 16.8 Å². The molecule has 1 aliphatic carbocycles. The van der Waals surface area contributed by atoms with Gasteiger partial charge in [-0.3, -0.25) is 14.9 Å². The largest absolute Gasteiger partial charge is 0.490 e. The number of aromatic nitrogens is 3. The zero-order chi connectivity index (χ0) is 29.1. The molecule has 220 valence electrons. The van der Waals surface area contributed by atoms with Gasteiger partial charge in [0.1, 0.15) is 11.9 Å². The predicted molar refractivity (Wildman–Crippen MR) is 167 cm³/mol. The molecule has 6 rings (SSSR count). The molecule has 1 saturated heterocycles. The van der Waals surface area contributed by atoms with Gasteiger partial charge in [-0.1, -0.05) is 39.7 Å². The van der Waals surface area contributed by atoms with Crippen molar-refractivity contribution in [3.05, 3.63) is 78.1 Å². The molecule has 0 bridgehead atoms. The first-order chi connectivity index (χ1) is 20.3. The SMILES string of the molecule is CC(C)(C)CN1CCC(Oc2ccc(-c3n[nH]c4ccc(C(=O)N[C@H](c5ccccn5)C5CCCC5)cc34)cc2)CC1. The second kappa shape index (κ2) is 12.3. The summed E-state index contributed by atoms with van der Waals surface area (Å²) in [5.41, 5.74) is 4.60. The number of H-pyrrole nitrogens is 1. The molecule has 42 heavy (non-hydrogen) atoms. The number of fused-ring (bicyclic) bond motifs is 1. The molecule has 1 saturated carbocycles. The molecule has 7 heteroatoms. The van der Waals surface area contributed by atoms with Crippen LogP contribution in [0, 0.1) is 11.3 Å². The lowest BCUT2D eigenvalue weighted by molar-refractivity contribution is 0.0811. The van der Waals surface area contributed by atoms with Gasteiger partial charge in [-0.25, -0.2) is 0 Å². The van der Waals surface area contributed by atoms with E-state index in [0.717, 1.165) is 78.9 Å². The number of hydrogen-bond acceptors (Lipinski definition) is 5. The van der Waals surface area contributed by atoms with Gasteiger partial charge in [0.25, 0.3) is 5.91 Å². The van der Waals surface area contributed by atoms with E-state index in [-0.39, 0.29) is 18.1 Å². The Morgan fingerprint density at radius 2 is 1.79 bits per heavy atom. The molecule has 1 amide bonds. The highest BCUT2D eigenvalue weighted by molar-refractivity contribution is 6.01. The van der Waals surface area contributed by atoms with E-state index in [9.17, 15) is 4.79 Å². The van der Waals surface area contributed by atoms with Crippen LogP contribution in [0.3, 0.4) is 0 Å². The third-order valence-corrected chi connectivity index (χ3v) is 8.65. The molecule has 0 unspecified atom stereocenters. The number of ether oxygens (including phenoxy) is 1. The number of nitrogens with zero attached hydrogens (tertiary/aromatic N) is 3. The van der Waals surface area contributed by atoms with Crippen LogP contribution < -0.4 is 10.1 Å². The van der Waals surface area contributed by atoms with Crippen LogP contribution in [0.1, 0.15) is 81.4 Å². The number of carbonyl (C=O) groups is 1. The standard InChI is InChI=1S/C35H43N5O2/c1-35(2,3)23-40-20-17-28(18-21-40)42-27-14-11-25(12-15-27)32-29-22-26(13-16-30(29)38-39-32)34(41)37-33(24-8-4-5-9-24)31-10-6-7-19-36-31/h6-7,10-16,19,22,24,28,33H,4-5,8-9,17-18,20-21,23H2,1-3H3,(H,37,41)(H,38,39)/t33-/m0/s1. The van der Waals surface area contributed by atoms with E-state index < -0.39 is 0 Å². The fourth-order valence-corrected chi connectivity index (χ4v) is 6.62. The average molecular weight is 566 g/mol. The highest BCUT2D eigenvalue weighted by Crippen LogP contribution is 2.36. The molecule has 3 heterocycles. The Labute approximate surface area is 249 Å². The number of likely N-dealkylation sites (tertiary alicyclic amines) is 1. The number of pyridine rings is 1. The lowest BCUT2D eigenvalue weighted by Crippen LogP contribution is -2.42. The highest BCUT2D eigenvalue weighted by atomic mass is 16.5. The van der Waals surface area contributed by atoms with E-state index in [1.54, 1.807) is 6.20 Å². The maximum atomic E-state index is 13.5. The Balaban J connectivity index is 1.14. The van der Waals surface area contributed by atoms with Crippen molar-refractivity contribution in [1.82, 2.24) is 25.4 Å². The molecule has 7 nitrogen and oxygen atoms in total. The summed E-state index contributed by atoms with van der Waals surface area (Å²) >= 11 is 0. The number of piperidine rings is 1. The van der Waals surface area contributed by atoms with Crippen molar-refractivity contribution in [3.63, 3.8) is 0 Å². The van der Waals surface area contributed by atoms with E-state index in [4.69, 9.17) is 4.74 Å². The van der Waals surface area contributed by atoms with E-state index in [1.165, 1.54) is 12.8 Å². The van der Waals surface area contributed by atoms with Gasteiger partial charge in [0.15, 0.2) is 0 Å². The number of carbonyl (C=O) groups excluding carboxylic acids is 1. The Hall–Kier alpha value is -3.71. The first kappa shape index (κ1) is 28.4. The topological polar surface area (TPSA) is 83.1 Å². The third kappa shape index (κ3) is 6.67. The lowest BCUT2D eigenvalue weighted by atomic mass is 9.94. The Morgan fingerprint density at radius 1 is 1.02 bits per heavy atom. The second-order valence-electron chi connectivity index (χ2n) is 13.3. The molecule has 1 aliphatic heterocycles. The molecule has 0 spiro atoms. The van der Waals surface area contributed by atoms with Crippen LogP contribution in [0.5, 0.6) is 5.75 Å². The number of benzene rings is 2. The minimum atomic E-state index is -0.0843. The smallest absolute Gasteiger partial charge is 0.251 e. The van der Waals surface area contributed by atoms with Gasteiger partial charge < -0.3 is 15.0 Å². The molecule has 2 N–H and O–H groups in total. The van der Waals surface area contributed by atoms with Gasteiger partial charge >= 0.3 is 0 Å². The molecular formula is C35H43N5O2. The van der Waals surface area contributed by atoms with Gasteiger partial charge in [-0.15, -0.1) is 0 Å². The van der Waals surface area contributed by atoms with Crippen LogP contribution >= 0.6 is 0 Å². The van der Waals surface area contributed by atoms with Crippen LogP contribution in [0.25, 0.3) is 22.2 Å². The summed E-state index contributed by atoms with van der Waals surface area (Å²) in [6.07, 6.45) is 8.79. The van der Waals surface area contributed by atoms with Crippen LogP contribution in [-0.2, 0) is 0 Å². The number of hydrogen-bond donors (Lipinski definition) is 2. The number of rotatable bonds is 8. The number of aromatic amines is 1. The minimum absolute atomic E-state index is 0.0797. The van der Waals surface area contributed by atoms with Crippen LogP contribution in [0.2, 0.25) is 0 Å². The van der Waals surface area contributed by atoms with Crippen molar-refractivity contribution in [1.29, 1.82) is 0 Å². The molecule has 4 aromatic rings. The van der Waals surface area contributed by atoms with E-state index in [0.29, 0.717) is 16.9 Å². The first-order valence-electron chi connectivity index (χ1n) is 15.5. The van der Waals surface area contributed by atoms with Crippen molar-refractivity contribution in [3.8, 4) is 17.0 Å². The van der Waals surface area contributed by atoms with Crippen LogP contribution in [0.4, 0.5) is 0 Å². The summed E-state index contributed by atoms with van der Waals surface area (Å²) in [7, 11) is 0. The molecular weight excluding hydrogens is 522 g/mol. The minimum Gasteiger partial charge on any atom is -0.490 e. The van der Waals surface area contributed by atoms with Crippen molar-refractivity contribution in [2.24, 2.45) is 11.3 Å². The van der Waals surface area contributed by atoms with Gasteiger partial charge in [0, 0.05) is 42.3 Å². The van der Waals surface area contributed by atoms with Gasteiger partial charge in [0.05, 0.1) is 22.9 Å². The summed E-state index contributed by atoms with van der Waals surface area (Å²) in [5, 5.41) is 12.0. The fourth-order valence-electron chi connectivity index (χ4n) is 6.62. The van der Waals surface area contributed by atoms with Crippen LogP contribution in [0.15, 0.2) is 66.9 Å². The quantitative estimate of drug-likeness (QED) is 0.237. The van der Waals surface area contributed by atoms with Crippen molar-refractivity contribution < 1.29 is 9.53 Å². The number of amides is 1. The maximum absolute atomic E-state index is 13.5. The summed E-state index contributed by atoms with van der Waals surface area (Å²) < 4.78 is 6.35. The summed E-state index contributed by atoms with van der Waals surface area (Å²) in [6.45, 7) is 10.2. The highest BCUT2D eigenvalue weighted by Gasteiger charge is 2.29. The second-order valence-corrected chi connectivity index (χ2v) is 13.3. The maximum Gasteiger partial charge on any atom is 0.251 e. The summed E-state index contributed by atoms with van der Waals surface area (Å²) in [5.74, 6) is 1.22. The predicted octanol–water partition coefficient (Wildman–Crippen LogP) is 7.18. The van der Waals surface area contributed by atoms with E-state index in [1.807, 2.05) is 48.5 Å². The Kier molecular flexibility index (Phi) is 8.29. The molecule has 2 fully saturated rings. The third-order valence-electron chi connectivity index (χ3n) is 8.65. The summed E-state index contributed by atoms with van der Waals surface area (Å²) in [6, 6.07) is 19.8. The van der Waals surface area contributed by atoms with Gasteiger partial charge in [0.2, 0.25) is 0 Å². The zero-order valence-electron chi connectivity index (χ0n) is 25.1. The van der Waals surface area contributed by atoms with Gasteiger partial charge in [-0.2, -0.15) is 5.10 Å².